The maximum atomic E-state index is 12.7. The number of nitrogens with one attached hydrogen (secondary N) is 1. The lowest BCUT2D eigenvalue weighted by Crippen LogP contribution is -2.44. The van der Waals surface area contributed by atoms with Gasteiger partial charge in [0.15, 0.2) is 0 Å². The number of fused-ring (bicyclic) bond motifs is 1. The largest absolute Gasteiger partial charge is 0.302 e. The summed E-state index contributed by atoms with van der Waals surface area (Å²) in [6.45, 7) is 0. The highest BCUT2D eigenvalue weighted by atomic mass is 35.5. The maximum Gasteiger partial charge on any atom is 0.251 e. The van der Waals surface area contributed by atoms with E-state index < -0.39 is 6.04 Å². The minimum Gasteiger partial charge on any atom is -0.302 e. The molecule has 4 nitrogen and oxygen atoms in total. The second-order valence-electron chi connectivity index (χ2n) is 6.34. The van der Waals surface area contributed by atoms with Gasteiger partial charge in [0.2, 0.25) is 5.91 Å². The molecular formula is C19H17ClN2O2. The van der Waals surface area contributed by atoms with E-state index in [2.05, 4.69) is 17.4 Å². The second-order valence-corrected chi connectivity index (χ2v) is 6.78. The quantitative estimate of drug-likeness (QED) is 0.874. The van der Waals surface area contributed by atoms with Gasteiger partial charge in [0, 0.05) is 11.1 Å². The second kappa shape index (κ2) is 6.04. The molecule has 0 spiro atoms. The first-order valence-electron chi connectivity index (χ1n) is 8.07. The molecule has 1 aliphatic carbocycles. The van der Waals surface area contributed by atoms with Crippen LogP contribution in [0.1, 0.15) is 17.5 Å². The third-order valence-electron chi connectivity index (χ3n) is 4.70. The van der Waals surface area contributed by atoms with Gasteiger partial charge in [0.1, 0.15) is 0 Å². The molecule has 1 unspecified atom stereocenters. The number of nitrogens with zero attached hydrogens (tertiary/aromatic N) is 1. The first kappa shape index (κ1) is 15.4. The molecule has 0 aromatic heterocycles. The van der Waals surface area contributed by atoms with Gasteiger partial charge in [0.25, 0.3) is 5.91 Å². The van der Waals surface area contributed by atoms with Crippen LogP contribution >= 0.6 is 11.6 Å². The fourth-order valence-electron chi connectivity index (χ4n) is 3.61. The molecule has 4 rings (SSSR count). The Labute approximate surface area is 145 Å². The van der Waals surface area contributed by atoms with Crippen LogP contribution in [0.15, 0.2) is 48.5 Å². The number of imide groups is 1. The predicted octanol–water partition coefficient (Wildman–Crippen LogP) is 2.73. The van der Waals surface area contributed by atoms with Crippen LogP contribution in [0.2, 0.25) is 5.02 Å². The Morgan fingerprint density at radius 2 is 1.67 bits per heavy atom. The van der Waals surface area contributed by atoms with Crippen molar-refractivity contribution in [2.45, 2.75) is 31.3 Å². The molecule has 1 N–H and O–H groups in total. The number of amides is 2. The summed E-state index contributed by atoms with van der Waals surface area (Å²) < 4.78 is 0. The smallest absolute Gasteiger partial charge is 0.251 e. The Morgan fingerprint density at radius 1 is 0.958 bits per heavy atom. The highest BCUT2D eigenvalue weighted by Crippen LogP contribution is 2.27. The molecule has 2 aliphatic rings. The molecule has 1 aliphatic heterocycles. The van der Waals surface area contributed by atoms with E-state index in [1.54, 1.807) is 24.3 Å². The SMILES string of the molecule is O=C1CC(NC2Cc3ccccc3C2)C(=O)N1c1cccc(Cl)c1. The molecule has 24 heavy (non-hydrogen) atoms. The van der Waals surface area contributed by atoms with Gasteiger partial charge in [0.05, 0.1) is 18.2 Å². The molecule has 2 amide bonds. The summed E-state index contributed by atoms with van der Waals surface area (Å²) in [6.07, 6.45) is 1.98. The van der Waals surface area contributed by atoms with Gasteiger partial charge < -0.3 is 5.32 Å². The highest BCUT2D eigenvalue weighted by Gasteiger charge is 2.41. The first-order valence-corrected chi connectivity index (χ1v) is 8.45. The van der Waals surface area contributed by atoms with Gasteiger partial charge >= 0.3 is 0 Å². The number of hydrogen-bond donors (Lipinski definition) is 1. The van der Waals surface area contributed by atoms with Gasteiger partial charge in [-0.05, 0) is 42.2 Å². The predicted molar refractivity (Wildman–Crippen MR) is 93.1 cm³/mol. The van der Waals surface area contributed by atoms with E-state index >= 15 is 0 Å². The summed E-state index contributed by atoms with van der Waals surface area (Å²) in [5, 5.41) is 3.88. The van der Waals surface area contributed by atoms with Crippen molar-refractivity contribution in [2.24, 2.45) is 0 Å². The molecule has 122 valence electrons. The van der Waals surface area contributed by atoms with Gasteiger partial charge in [-0.1, -0.05) is 41.9 Å². The van der Waals surface area contributed by atoms with Crippen LogP contribution in [-0.2, 0) is 22.4 Å². The molecule has 2 aromatic rings. The van der Waals surface area contributed by atoms with Gasteiger partial charge in [-0.3, -0.25) is 9.59 Å². The molecular weight excluding hydrogens is 324 g/mol. The summed E-state index contributed by atoms with van der Waals surface area (Å²) in [5.74, 6) is -0.381. The van der Waals surface area contributed by atoms with Crippen LogP contribution in [0.25, 0.3) is 0 Å². The summed E-state index contributed by atoms with van der Waals surface area (Å²) >= 11 is 5.98. The first-order chi connectivity index (χ1) is 11.6. The molecule has 1 fully saturated rings. The average Bonchev–Trinajstić information content (AvgIpc) is 3.08. The molecule has 1 atom stereocenters. The number of carbonyl (C=O) groups is 2. The fourth-order valence-corrected chi connectivity index (χ4v) is 3.79. The van der Waals surface area contributed by atoms with Gasteiger partial charge in [-0.2, -0.15) is 0 Å². The van der Waals surface area contributed by atoms with Crippen LogP contribution in [-0.4, -0.2) is 23.9 Å². The molecule has 0 radical (unpaired) electrons. The maximum absolute atomic E-state index is 12.7. The zero-order chi connectivity index (χ0) is 16.7. The molecule has 1 heterocycles. The van der Waals surface area contributed by atoms with E-state index in [1.165, 1.54) is 16.0 Å². The van der Waals surface area contributed by atoms with E-state index in [1.807, 2.05) is 12.1 Å². The fraction of sp³-hybridized carbons (Fsp3) is 0.263. The third-order valence-corrected chi connectivity index (χ3v) is 4.94. The van der Waals surface area contributed by atoms with Crippen molar-refractivity contribution in [1.29, 1.82) is 0 Å². The highest BCUT2D eigenvalue weighted by molar-refractivity contribution is 6.31. The van der Waals surface area contributed by atoms with Crippen LogP contribution in [0, 0.1) is 0 Å². The Bertz CT molecular complexity index is 796. The summed E-state index contributed by atoms with van der Waals surface area (Å²) in [6, 6.07) is 14.9. The van der Waals surface area contributed by atoms with Crippen LogP contribution < -0.4 is 10.2 Å². The minimum atomic E-state index is -0.462. The molecule has 5 heteroatoms. The van der Waals surface area contributed by atoms with E-state index in [-0.39, 0.29) is 24.3 Å². The summed E-state index contributed by atoms with van der Waals surface area (Å²) in [5.41, 5.74) is 3.17. The van der Waals surface area contributed by atoms with Crippen molar-refractivity contribution in [3.8, 4) is 0 Å². The van der Waals surface area contributed by atoms with Crippen molar-refractivity contribution < 1.29 is 9.59 Å². The number of carbonyl (C=O) groups excluding carboxylic acids is 2. The molecule has 1 saturated heterocycles. The normalized spacial score (nSPS) is 20.7. The molecule has 2 aromatic carbocycles. The van der Waals surface area contributed by atoms with E-state index in [0.29, 0.717) is 10.7 Å². The van der Waals surface area contributed by atoms with Crippen molar-refractivity contribution >= 4 is 29.1 Å². The van der Waals surface area contributed by atoms with Crippen molar-refractivity contribution in [2.75, 3.05) is 4.90 Å². The lowest BCUT2D eigenvalue weighted by Gasteiger charge is -2.18. The zero-order valence-corrected chi connectivity index (χ0v) is 13.8. The standard InChI is InChI=1S/C19H17ClN2O2/c20-14-6-3-7-16(10-14)22-18(23)11-17(19(22)24)21-15-8-12-4-1-2-5-13(12)9-15/h1-7,10,15,17,21H,8-9,11H2. The summed E-state index contributed by atoms with van der Waals surface area (Å²) in [7, 11) is 0. The number of halogens is 1. The summed E-state index contributed by atoms with van der Waals surface area (Å²) in [4.78, 5) is 26.3. The lowest BCUT2D eigenvalue weighted by molar-refractivity contribution is -0.121. The van der Waals surface area contributed by atoms with E-state index in [9.17, 15) is 9.59 Å². The van der Waals surface area contributed by atoms with Gasteiger partial charge in [-0.15, -0.1) is 0 Å². The topological polar surface area (TPSA) is 49.4 Å². The molecule has 0 bridgehead atoms. The Balaban J connectivity index is 1.49. The van der Waals surface area contributed by atoms with Crippen molar-refractivity contribution in [1.82, 2.24) is 5.32 Å². The minimum absolute atomic E-state index is 0.185. The Kier molecular flexibility index (Phi) is 3.87. The number of hydrogen-bond acceptors (Lipinski definition) is 3. The van der Waals surface area contributed by atoms with E-state index in [0.717, 1.165) is 12.8 Å². The van der Waals surface area contributed by atoms with Gasteiger partial charge in [-0.25, -0.2) is 4.90 Å². The Morgan fingerprint density at radius 3 is 2.33 bits per heavy atom. The van der Waals surface area contributed by atoms with Crippen LogP contribution in [0.3, 0.4) is 0 Å². The van der Waals surface area contributed by atoms with E-state index in [4.69, 9.17) is 11.6 Å². The van der Waals surface area contributed by atoms with Crippen molar-refractivity contribution in [3.05, 3.63) is 64.7 Å². The number of anilines is 1. The zero-order valence-electron chi connectivity index (χ0n) is 13.0. The average molecular weight is 341 g/mol. The monoisotopic (exact) mass is 340 g/mol. The molecule has 0 saturated carbocycles. The van der Waals surface area contributed by atoms with Crippen LogP contribution in [0.5, 0.6) is 0 Å². The third kappa shape index (κ3) is 2.72. The lowest BCUT2D eigenvalue weighted by atomic mass is 10.1. The number of rotatable bonds is 3. The van der Waals surface area contributed by atoms with Crippen LogP contribution in [0.4, 0.5) is 5.69 Å². The van der Waals surface area contributed by atoms with Crippen molar-refractivity contribution in [3.63, 3.8) is 0 Å². The Hall–Kier alpha value is -2.17. The number of benzene rings is 2.